The molecule has 1 aromatic carbocycles. The minimum Gasteiger partial charge on any atom is -0.495 e. The Kier molecular flexibility index (Phi) is 5.87. The average molecular weight is 385 g/mol. The summed E-state index contributed by atoms with van der Waals surface area (Å²) >= 11 is 0. The Bertz CT molecular complexity index is 798. The highest BCUT2D eigenvalue weighted by molar-refractivity contribution is 5.96. The molecule has 1 atom stereocenters. The molecule has 2 aliphatic rings. The number of pyridine rings is 1. The maximum atomic E-state index is 5.89. The van der Waals surface area contributed by atoms with E-state index in [1.807, 2.05) is 6.20 Å². The molecule has 0 saturated carbocycles. The second-order valence-electron chi connectivity index (χ2n) is 8.01. The van der Waals surface area contributed by atoms with Gasteiger partial charge in [0.25, 0.3) is 0 Å². The Morgan fingerprint density at radius 2 is 1.86 bits per heavy atom. The largest absolute Gasteiger partial charge is 0.495 e. The van der Waals surface area contributed by atoms with Crippen LogP contribution >= 0.6 is 0 Å². The Balaban J connectivity index is 1.65. The summed E-state index contributed by atoms with van der Waals surface area (Å²) in [6.45, 7) is 8.51. The highest BCUT2D eigenvalue weighted by Crippen LogP contribution is 2.38. The van der Waals surface area contributed by atoms with Gasteiger partial charge in [0.05, 0.1) is 31.5 Å². The first kappa shape index (κ1) is 19.3. The van der Waals surface area contributed by atoms with Crippen molar-refractivity contribution in [3.05, 3.63) is 24.4 Å². The van der Waals surface area contributed by atoms with Crippen molar-refractivity contribution in [2.45, 2.75) is 19.8 Å². The van der Waals surface area contributed by atoms with E-state index in [9.17, 15) is 0 Å². The molecule has 2 aromatic rings. The lowest BCUT2D eigenvalue weighted by Gasteiger charge is -2.36. The minimum absolute atomic E-state index is 0.605. The van der Waals surface area contributed by atoms with Gasteiger partial charge in [-0.1, -0.05) is 6.92 Å². The van der Waals surface area contributed by atoms with Crippen LogP contribution in [-0.2, 0) is 4.74 Å². The second-order valence-corrected chi connectivity index (χ2v) is 8.01. The van der Waals surface area contributed by atoms with Crippen molar-refractivity contribution < 1.29 is 9.47 Å². The zero-order valence-corrected chi connectivity index (χ0v) is 17.1. The Morgan fingerprint density at radius 3 is 2.54 bits per heavy atom. The lowest BCUT2D eigenvalue weighted by molar-refractivity contribution is 0.122. The number of fused-ring (bicyclic) bond motifs is 1. The molecule has 3 heterocycles. The topological polar surface area (TPSA) is 63.8 Å². The molecular formula is C22H32N4O2. The summed E-state index contributed by atoms with van der Waals surface area (Å²) in [5.74, 6) is 2.22. The van der Waals surface area contributed by atoms with Crippen LogP contribution in [0.15, 0.2) is 24.4 Å². The van der Waals surface area contributed by atoms with Gasteiger partial charge in [0.1, 0.15) is 5.75 Å². The number of nitrogens with zero attached hydrogens (tertiary/aromatic N) is 3. The lowest BCUT2D eigenvalue weighted by Crippen LogP contribution is -2.37. The fraction of sp³-hybridized carbons (Fsp3) is 0.591. The zero-order valence-electron chi connectivity index (χ0n) is 17.1. The maximum Gasteiger partial charge on any atom is 0.144 e. The van der Waals surface area contributed by atoms with E-state index < -0.39 is 0 Å². The smallest absolute Gasteiger partial charge is 0.144 e. The van der Waals surface area contributed by atoms with Gasteiger partial charge < -0.3 is 25.0 Å². The number of benzene rings is 1. The zero-order chi connectivity index (χ0) is 19.5. The summed E-state index contributed by atoms with van der Waals surface area (Å²) in [5, 5.41) is 1.20. The van der Waals surface area contributed by atoms with Gasteiger partial charge >= 0.3 is 0 Å². The molecule has 6 heteroatoms. The van der Waals surface area contributed by atoms with Crippen molar-refractivity contribution in [1.29, 1.82) is 0 Å². The molecule has 2 saturated heterocycles. The van der Waals surface area contributed by atoms with Crippen LogP contribution in [0.25, 0.3) is 10.9 Å². The van der Waals surface area contributed by atoms with E-state index in [4.69, 9.17) is 15.2 Å². The van der Waals surface area contributed by atoms with E-state index in [1.165, 1.54) is 23.9 Å². The van der Waals surface area contributed by atoms with Gasteiger partial charge in [0.2, 0.25) is 0 Å². The number of ether oxygens (including phenoxy) is 2. The summed E-state index contributed by atoms with van der Waals surface area (Å²) in [4.78, 5) is 9.49. The van der Waals surface area contributed by atoms with Gasteiger partial charge in [-0.3, -0.25) is 4.98 Å². The first-order valence-electron chi connectivity index (χ1n) is 10.5. The van der Waals surface area contributed by atoms with E-state index in [2.05, 4.69) is 39.9 Å². The van der Waals surface area contributed by atoms with Crippen molar-refractivity contribution in [3.8, 4) is 5.75 Å². The number of piperidine rings is 1. The molecule has 4 rings (SSSR count). The molecule has 2 N–H and O–H groups in total. The molecule has 28 heavy (non-hydrogen) atoms. The molecular weight excluding hydrogens is 352 g/mol. The molecule has 0 spiro atoms. The SMILES string of the molecule is COc1cc2nccc(N3CCC(C(C)CN)CC3)c2cc1N1CCOCC1. The van der Waals surface area contributed by atoms with Crippen LogP contribution in [-0.4, -0.2) is 58.0 Å². The van der Waals surface area contributed by atoms with Crippen molar-refractivity contribution >= 4 is 22.3 Å². The van der Waals surface area contributed by atoms with Crippen molar-refractivity contribution in [2.24, 2.45) is 17.6 Å². The number of hydrogen-bond donors (Lipinski definition) is 1. The number of hydrogen-bond acceptors (Lipinski definition) is 6. The molecule has 1 aromatic heterocycles. The first-order chi connectivity index (χ1) is 13.7. The Hall–Kier alpha value is -2.05. The van der Waals surface area contributed by atoms with Crippen molar-refractivity contribution in [1.82, 2.24) is 4.98 Å². The number of methoxy groups -OCH3 is 1. The van der Waals surface area contributed by atoms with Gasteiger partial charge in [0.15, 0.2) is 0 Å². The molecule has 0 aliphatic carbocycles. The number of nitrogens with two attached hydrogens (primary N) is 1. The van der Waals surface area contributed by atoms with E-state index in [0.717, 1.165) is 68.8 Å². The van der Waals surface area contributed by atoms with Gasteiger partial charge in [0, 0.05) is 49.5 Å². The van der Waals surface area contributed by atoms with E-state index >= 15 is 0 Å². The van der Waals surface area contributed by atoms with Crippen LogP contribution in [0.2, 0.25) is 0 Å². The molecule has 1 unspecified atom stereocenters. The summed E-state index contributed by atoms with van der Waals surface area (Å²) in [5.41, 5.74) is 9.30. The van der Waals surface area contributed by atoms with E-state index in [0.29, 0.717) is 5.92 Å². The van der Waals surface area contributed by atoms with E-state index in [1.54, 1.807) is 7.11 Å². The Labute approximate surface area is 167 Å². The Morgan fingerprint density at radius 1 is 1.14 bits per heavy atom. The summed E-state index contributed by atoms with van der Waals surface area (Å²) in [7, 11) is 1.73. The predicted octanol–water partition coefficient (Wildman–Crippen LogP) is 2.89. The van der Waals surface area contributed by atoms with Crippen LogP contribution in [0.5, 0.6) is 5.75 Å². The monoisotopic (exact) mass is 384 g/mol. The van der Waals surface area contributed by atoms with Gasteiger partial charge in [-0.2, -0.15) is 0 Å². The number of aromatic nitrogens is 1. The van der Waals surface area contributed by atoms with Crippen LogP contribution in [0.4, 0.5) is 11.4 Å². The van der Waals surface area contributed by atoms with Gasteiger partial charge in [-0.25, -0.2) is 0 Å². The third-order valence-electron chi connectivity index (χ3n) is 6.43. The van der Waals surface area contributed by atoms with Crippen LogP contribution in [0, 0.1) is 11.8 Å². The molecule has 0 bridgehead atoms. The standard InChI is InChI=1S/C22H32N4O2/c1-16(15-23)17-4-7-25(8-5-17)20-3-6-24-19-14-22(27-2)21(13-18(19)20)26-9-11-28-12-10-26/h3,6,13-14,16-17H,4-5,7-12,15,23H2,1-2H3. The fourth-order valence-electron chi connectivity index (χ4n) is 4.54. The molecule has 0 radical (unpaired) electrons. The normalized spacial score (nSPS) is 19.8. The summed E-state index contributed by atoms with van der Waals surface area (Å²) in [6, 6.07) is 6.49. The number of morpholine rings is 1. The highest BCUT2D eigenvalue weighted by Gasteiger charge is 2.25. The van der Waals surface area contributed by atoms with Crippen LogP contribution in [0.1, 0.15) is 19.8 Å². The molecule has 2 aliphatic heterocycles. The van der Waals surface area contributed by atoms with Crippen molar-refractivity contribution in [3.63, 3.8) is 0 Å². The lowest BCUT2D eigenvalue weighted by atomic mass is 9.85. The van der Waals surface area contributed by atoms with E-state index in [-0.39, 0.29) is 0 Å². The highest BCUT2D eigenvalue weighted by atomic mass is 16.5. The summed E-state index contributed by atoms with van der Waals surface area (Å²) < 4.78 is 11.2. The minimum atomic E-state index is 0.605. The molecule has 2 fully saturated rings. The fourth-order valence-corrected chi connectivity index (χ4v) is 4.54. The molecule has 152 valence electrons. The average Bonchev–Trinajstić information content (AvgIpc) is 2.78. The van der Waals surface area contributed by atoms with Gasteiger partial charge in [-0.05, 0) is 43.4 Å². The summed E-state index contributed by atoms with van der Waals surface area (Å²) in [6.07, 6.45) is 4.32. The quantitative estimate of drug-likeness (QED) is 0.855. The molecule has 6 nitrogen and oxygen atoms in total. The van der Waals surface area contributed by atoms with Crippen molar-refractivity contribution in [2.75, 3.05) is 62.8 Å². The third-order valence-corrected chi connectivity index (χ3v) is 6.43. The predicted molar refractivity (Wildman–Crippen MR) is 114 cm³/mol. The number of rotatable bonds is 5. The van der Waals surface area contributed by atoms with Gasteiger partial charge in [-0.15, -0.1) is 0 Å². The first-order valence-corrected chi connectivity index (χ1v) is 10.5. The van der Waals surface area contributed by atoms with Crippen LogP contribution in [0.3, 0.4) is 0 Å². The van der Waals surface area contributed by atoms with Crippen LogP contribution < -0.4 is 20.3 Å². The second kappa shape index (κ2) is 8.53. The third kappa shape index (κ3) is 3.76. The maximum absolute atomic E-state index is 5.89. The molecule has 0 amide bonds. The number of anilines is 2.